The number of pyridine rings is 1. The van der Waals surface area contributed by atoms with E-state index in [4.69, 9.17) is 0 Å². The lowest BCUT2D eigenvalue weighted by Crippen LogP contribution is -2.59. The van der Waals surface area contributed by atoms with E-state index in [2.05, 4.69) is 25.5 Å². The van der Waals surface area contributed by atoms with Gasteiger partial charge >= 0.3 is 0 Å². The fourth-order valence-corrected chi connectivity index (χ4v) is 4.33. The number of hydrogen-bond acceptors (Lipinski definition) is 3. The quantitative estimate of drug-likeness (QED) is 0.637. The van der Waals surface area contributed by atoms with Crippen molar-refractivity contribution < 1.29 is 0 Å². The van der Waals surface area contributed by atoms with Crippen LogP contribution in [0, 0.1) is 0 Å². The molecular weight excluding hydrogens is 310 g/mol. The van der Waals surface area contributed by atoms with Crippen molar-refractivity contribution >= 4 is 5.96 Å². The lowest BCUT2D eigenvalue weighted by atomic mass is 9.79. The molecule has 0 radical (unpaired) electrons. The summed E-state index contributed by atoms with van der Waals surface area (Å²) in [4.78, 5) is 11.6. The zero-order valence-corrected chi connectivity index (χ0v) is 15.6. The van der Waals surface area contributed by atoms with Crippen molar-refractivity contribution in [2.24, 2.45) is 4.99 Å². The van der Waals surface area contributed by atoms with E-state index in [9.17, 15) is 0 Å². The molecule has 0 atom stereocenters. The van der Waals surface area contributed by atoms with Crippen molar-refractivity contribution in [3.8, 4) is 0 Å². The molecule has 2 aliphatic rings. The van der Waals surface area contributed by atoms with E-state index in [0.29, 0.717) is 12.1 Å². The molecule has 5 nitrogen and oxygen atoms in total. The number of aliphatic imine (C=N–C) groups is 1. The van der Waals surface area contributed by atoms with Gasteiger partial charge in [-0.05, 0) is 50.9 Å². The van der Waals surface area contributed by atoms with Gasteiger partial charge in [0.05, 0.1) is 12.2 Å². The minimum Gasteiger partial charge on any atom is -0.355 e. The van der Waals surface area contributed by atoms with Crippen LogP contribution in [-0.4, -0.2) is 48.1 Å². The van der Waals surface area contributed by atoms with E-state index in [0.717, 1.165) is 18.2 Å². The Morgan fingerprint density at radius 3 is 2.52 bits per heavy atom. The molecule has 25 heavy (non-hydrogen) atoms. The lowest BCUT2D eigenvalue weighted by molar-refractivity contribution is 0.0368. The number of hydrogen-bond donors (Lipinski definition) is 2. The molecular formula is C20H33N5. The van der Waals surface area contributed by atoms with Crippen LogP contribution in [0.15, 0.2) is 29.4 Å². The zero-order valence-electron chi connectivity index (χ0n) is 15.6. The molecule has 138 valence electrons. The minimum absolute atomic E-state index is 0.321. The molecule has 1 aromatic heterocycles. The highest BCUT2D eigenvalue weighted by Gasteiger charge is 2.38. The van der Waals surface area contributed by atoms with Crippen LogP contribution in [0.5, 0.6) is 0 Å². The van der Waals surface area contributed by atoms with Crippen LogP contribution in [-0.2, 0) is 6.54 Å². The van der Waals surface area contributed by atoms with Gasteiger partial charge in [-0.25, -0.2) is 0 Å². The summed E-state index contributed by atoms with van der Waals surface area (Å²) < 4.78 is 0. The molecule has 0 amide bonds. The molecule has 0 bridgehead atoms. The van der Waals surface area contributed by atoms with Gasteiger partial charge in [0.25, 0.3) is 0 Å². The molecule has 0 spiro atoms. The normalized spacial score (nSPS) is 21.7. The summed E-state index contributed by atoms with van der Waals surface area (Å²) in [7, 11) is 1.85. The van der Waals surface area contributed by atoms with Gasteiger partial charge in [-0.1, -0.05) is 31.7 Å². The standard InChI is InChI=1S/C20H33N5/c1-21-19(23-16-18-10-4-7-13-22-18)24-17-20(11-5-2-6-12-20)25-14-8-3-9-15-25/h4,7,10,13H,2-3,5-6,8-9,11-12,14-17H2,1H3,(H2,21,23,24). The lowest BCUT2D eigenvalue weighted by Gasteiger charge is -2.48. The van der Waals surface area contributed by atoms with Gasteiger partial charge < -0.3 is 10.6 Å². The molecule has 0 unspecified atom stereocenters. The maximum Gasteiger partial charge on any atom is 0.191 e. The Balaban J connectivity index is 1.57. The first kappa shape index (κ1) is 18.2. The fourth-order valence-electron chi connectivity index (χ4n) is 4.33. The van der Waals surface area contributed by atoms with Gasteiger partial charge in [0.1, 0.15) is 0 Å². The third kappa shape index (κ3) is 4.94. The van der Waals surface area contributed by atoms with Crippen LogP contribution in [0.3, 0.4) is 0 Å². The smallest absolute Gasteiger partial charge is 0.191 e. The topological polar surface area (TPSA) is 52.6 Å². The zero-order chi connectivity index (χ0) is 17.4. The minimum atomic E-state index is 0.321. The summed E-state index contributed by atoms with van der Waals surface area (Å²) >= 11 is 0. The van der Waals surface area contributed by atoms with E-state index >= 15 is 0 Å². The summed E-state index contributed by atoms with van der Waals surface area (Å²) in [6.07, 6.45) is 12.7. The largest absolute Gasteiger partial charge is 0.355 e. The third-order valence-electron chi connectivity index (χ3n) is 5.78. The molecule has 1 aromatic rings. The number of guanidine groups is 1. The van der Waals surface area contributed by atoms with Crippen molar-refractivity contribution in [3.05, 3.63) is 30.1 Å². The van der Waals surface area contributed by atoms with Crippen LogP contribution in [0.25, 0.3) is 0 Å². The number of piperidine rings is 1. The average Bonchev–Trinajstić information content (AvgIpc) is 2.70. The maximum atomic E-state index is 4.41. The number of nitrogens with one attached hydrogen (secondary N) is 2. The van der Waals surface area contributed by atoms with Crippen molar-refractivity contribution in [3.63, 3.8) is 0 Å². The van der Waals surface area contributed by atoms with E-state index in [-0.39, 0.29) is 0 Å². The summed E-state index contributed by atoms with van der Waals surface area (Å²) in [5, 5.41) is 7.02. The van der Waals surface area contributed by atoms with Crippen LogP contribution in [0.4, 0.5) is 0 Å². The van der Waals surface area contributed by atoms with Crippen LogP contribution < -0.4 is 10.6 Å². The molecule has 2 heterocycles. The highest BCUT2D eigenvalue weighted by atomic mass is 15.3. The molecule has 2 N–H and O–H groups in total. The van der Waals surface area contributed by atoms with E-state index in [1.54, 1.807) is 0 Å². The van der Waals surface area contributed by atoms with Gasteiger partial charge in [-0.15, -0.1) is 0 Å². The molecule has 5 heteroatoms. The second-order valence-corrected chi connectivity index (χ2v) is 7.43. The molecule has 1 aliphatic carbocycles. The van der Waals surface area contributed by atoms with Gasteiger partial charge in [0.2, 0.25) is 0 Å². The Hall–Kier alpha value is -1.62. The Bertz CT molecular complexity index is 530. The monoisotopic (exact) mass is 343 g/mol. The Morgan fingerprint density at radius 1 is 1.08 bits per heavy atom. The summed E-state index contributed by atoms with van der Waals surface area (Å²) in [5.74, 6) is 0.882. The number of rotatable bonds is 5. The molecule has 1 saturated heterocycles. The predicted molar refractivity (Wildman–Crippen MR) is 104 cm³/mol. The maximum absolute atomic E-state index is 4.41. The van der Waals surface area contributed by atoms with Crippen molar-refractivity contribution in [2.75, 3.05) is 26.7 Å². The molecule has 3 rings (SSSR count). The highest BCUT2D eigenvalue weighted by Crippen LogP contribution is 2.35. The van der Waals surface area contributed by atoms with Crippen LogP contribution >= 0.6 is 0 Å². The van der Waals surface area contributed by atoms with Gasteiger partial charge in [-0.2, -0.15) is 0 Å². The molecule has 2 fully saturated rings. The van der Waals surface area contributed by atoms with E-state index in [1.807, 2.05) is 31.4 Å². The SMILES string of the molecule is CN=C(NCc1ccccn1)NCC1(N2CCCCC2)CCCCC1. The number of nitrogens with zero attached hydrogens (tertiary/aromatic N) is 3. The van der Waals surface area contributed by atoms with Crippen molar-refractivity contribution in [1.82, 2.24) is 20.5 Å². The Morgan fingerprint density at radius 2 is 1.84 bits per heavy atom. The molecule has 1 aliphatic heterocycles. The van der Waals surface area contributed by atoms with Crippen molar-refractivity contribution in [1.29, 1.82) is 0 Å². The summed E-state index contributed by atoms with van der Waals surface area (Å²) in [6.45, 7) is 4.23. The van der Waals surface area contributed by atoms with Gasteiger partial charge in [0.15, 0.2) is 5.96 Å². The van der Waals surface area contributed by atoms with Crippen LogP contribution in [0.1, 0.15) is 57.1 Å². The second kappa shape index (κ2) is 9.18. The summed E-state index contributed by atoms with van der Waals surface area (Å²) in [5.41, 5.74) is 1.36. The molecule has 1 saturated carbocycles. The van der Waals surface area contributed by atoms with E-state index in [1.165, 1.54) is 64.5 Å². The number of aromatic nitrogens is 1. The first-order chi connectivity index (χ1) is 12.3. The van der Waals surface area contributed by atoms with Gasteiger partial charge in [0, 0.05) is 25.3 Å². The predicted octanol–water partition coefficient (Wildman–Crippen LogP) is 2.94. The fraction of sp³-hybridized carbons (Fsp3) is 0.700. The summed E-state index contributed by atoms with van der Waals surface area (Å²) in [6, 6.07) is 6.01. The number of likely N-dealkylation sites (tertiary alicyclic amines) is 1. The average molecular weight is 344 g/mol. The van der Waals surface area contributed by atoms with Crippen LogP contribution in [0.2, 0.25) is 0 Å². The third-order valence-corrected chi connectivity index (χ3v) is 5.78. The first-order valence-electron chi connectivity index (χ1n) is 9.92. The Labute approximate surface area is 152 Å². The van der Waals surface area contributed by atoms with E-state index < -0.39 is 0 Å². The molecule has 0 aromatic carbocycles. The Kier molecular flexibility index (Phi) is 6.68. The highest BCUT2D eigenvalue weighted by molar-refractivity contribution is 5.79. The second-order valence-electron chi connectivity index (χ2n) is 7.43. The van der Waals surface area contributed by atoms with Gasteiger partial charge in [-0.3, -0.25) is 14.9 Å². The van der Waals surface area contributed by atoms with Crippen molar-refractivity contribution in [2.45, 2.75) is 63.5 Å². The first-order valence-corrected chi connectivity index (χ1v) is 9.92.